The minimum Gasteiger partial charge on any atom is -0.428 e. The molecular formula is C13H16O5. The van der Waals surface area contributed by atoms with Crippen LogP contribution in [0.4, 0.5) is 0 Å². The normalized spacial score (nSPS) is 44.0. The molecule has 1 fully saturated rings. The summed E-state index contributed by atoms with van der Waals surface area (Å²) in [7, 11) is 0. The van der Waals surface area contributed by atoms with Crippen LogP contribution in [0.3, 0.4) is 0 Å². The van der Waals surface area contributed by atoms with Crippen molar-refractivity contribution in [2.24, 2.45) is 11.3 Å². The molecule has 3 N–H and O–H groups in total. The van der Waals surface area contributed by atoms with Gasteiger partial charge in [0, 0.05) is 5.92 Å². The Bertz CT molecular complexity index is 439. The average molecular weight is 252 g/mol. The van der Waals surface area contributed by atoms with Gasteiger partial charge in [-0.3, -0.25) is 4.79 Å². The second-order valence-corrected chi connectivity index (χ2v) is 4.56. The maximum absolute atomic E-state index is 12.0. The van der Waals surface area contributed by atoms with E-state index in [2.05, 4.69) is 6.58 Å². The zero-order chi connectivity index (χ0) is 13.5. The van der Waals surface area contributed by atoms with E-state index in [1.54, 1.807) is 25.2 Å². The van der Waals surface area contributed by atoms with Gasteiger partial charge in [0.2, 0.25) is 0 Å². The lowest BCUT2D eigenvalue weighted by Crippen LogP contribution is -2.57. The Hall–Kier alpha value is -1.43. The van der Waals surface area contributed by atoms with Gasteiger partial charge in [0.1, 0.15) is 23.4 Å². The molecule has 0 aromatic rings. The van der Waals surface area contributed by atoms with Crippen LogP contribution in [0.15, 0.2) is 36.6 Å². The molecule has 98 valence electrons. The van der Waals surface area contributed by atoms with Crippen LogP contribution in [-0.4, -0.2) is 39.6 Å². The minimum absolute atomic E-state index is 0.101. The number of cyclic esters (lactones) is 1. The number of aliphatic hydroxyl groups excluding tert-OH is 3. The third kappa shape index (κ3) is 1.48. The summed E-state index contributed by atoms with van der Waals surface area (Å²) in [5.74, 6) is -1.42. The molecule has 0 aromatic heterocycles. The Balaban J connectivity index is 2.58. The Labute approximate surface area is 105 Å². The van der Waals surface area contributed by atoms with Crippen LogP contribution in [-0.2, 0) is 9.53 Å². The fraction of sp³-hybridized carbons (Fsp3) is 0.462. The molecule has 0 radical (unpaired) electrons. The van der Waals surface area contributed by atoms with E-state index in [0.717, 1.165) is 0 Å². The van der Waals surface area contributed by atoms with E-state index >= 15 is 0 Å². The number of rotatable bonds is 1. The lowest BCUT2D eigenvalue weighted by molar-refractivity contribution is -0.164. The van der Waals surface area contributed by atoms with E-state index < -0.39 is 35.6 Å². The van der Waals surface area contributed by atoms with Crippen molar-refractivity contribution < 1.29 is 24.9 Å². The lowest BCUT2D eigenvalue weighted by atomic mass is 9.63. The predicted octanol–water partition coefficient (Wildman–Crippen LogP) is -0.112. The van der Waals surface area contributed by atoms with Crippen LogP contribution in [0.1, 0.15) is 6.92 Å². The van der Waals surface area contributed by atoms with Crippen LogP contribution in [0.25, 0.3) is 0 Å². The summed E-state index contributed by atoms with van der Waals surface area (Å²) in [5, 5.41) is 30.0. The minimum atomic E-state index is -1.61. The van der Waals surface area contributed by atoms with Crippen molar-refractivity contribution in [3.05, 3.63) is 36.6 Å². The van der Waals surface area contributed by atoms with Crippen molar-refractivity contribution >= 4 is 5.97 Å². The monoisotopic (exact) mass is 252 g/mol. The standard InChI is InChI=1S/C13H16O5/c1-3-4-8-5-6-9(14)11(16)13(8)10(15)7(2)18-12(13)17/h3-6,8-11,14-16H,2H2,1H3/b4-3+/t8-,9-,10+,11+,13-/m0/s1. The highest BCUT2D eigenvalue weighted by Gasteiger charge is 2.64. The number of carbonyl (C=O) groups excluding carboxylic acids is 1. The highest BCUT2D eigenvalue weighted by molar-refractivity contribution is 5.84. The van der Waals surface area contributed by atoms with E-state index in [4.69, 9.17) is 4.74 Å². The fourth-order valence-electron chi connectivity index (χ4n) is 2.65. The molecule has 2 aliphatic rings. The highest BCUT2D eigenvalue weighted by atomic mass is 16.6. The second-order valence-electron chi connectivity index (χ2n) is 4.56. The molecule has 1 heterocycles. The van der Waals surface area contributed by atoms with E-state index in [1.165, 1.54) is 6.08 Å². The van der Waals surface area contributed by atoms with Crippen LogP contribution >= 0.6 is 0 Å². The molecule has 5 atom stereocenters. The highest BCUT2D eigenvalue weighted by Crippen LogP contribution is 2.49. The average Bonchev–Trinajstić information content (AvgIpc) is 2.54. The molecular weight excluding hydrogens is 236 g/mol. The molecule has 18 heavy (non-hydrogen) atoms. The number of allylic oxidation sites excluding steroid dienone is 3. The summed E-state index contributed by atoms with van der Waals surface area (Å²) < 4.78 is 4.84. The fourth-order valence-corrected chi connectivity index (χ4v) is 2.65. The molecule has 0 bridgehead atoms. The number of ether oxygens (including phenoxy) is 1. The van der Waals surface area contributed by atoms with Gasteiger partial charge in [-0.25, -0.2) is 0 Å². The lowest BCUT2D eigenvalue weighted by Gasteiger charge is -2.41. The molecule has 5 nitrogen and oxygen atoms in total. The third-order valence-electron chi connectivity index (χ3n) is 3.61. The summed E-state index contributed by atoms with van der Waals surface area (Å²) in [6.07, 6.45) is 2.37. The van der Waals surface area contributed by atoms with E-state index in [1.807, 2.05) is 0 Å². The van der Waals surface area contributed by atoms with Gasteiger partial charge in [-0.2, -0.15) is 0 Å². The first kappa shape index (κ1) is 13.0. The van der Waals surface area contributed by atoms with Gasteiger partial charge in [-0.15, -0.1) is 0 Å². The molecule has 0 saturated carbocycles. The van der Waals surface area contributed by atoms with Gasteiger partial charge >= 0.3 is 5.97 Å². The Morgan fingerprint density at radius 1 is 1.39 bits per heavy atom. The first-order valence-electron chi connectivity index (χ1n) is 5.72. The zero-order valence-corrected chi connectivity index (χ0v) is 9.98. The number of esters is 1. The van der Waals surface area contributed by atoms with E-state index in [0.29, 0.717) is 0 Å². The molecule has 1 aliphatic carbocycles. The molecule has 1 spiro atoms. The zero-order valence-electron chi connectivity index (χ0n) is 9.98. The maximum Gasteiger partial charge on any atom is 0.324 e. The summed E-state index contributed by atoms with van der Waals surface area (Å²) >= 11 is 0. The Morgan fingerprint density at radius 2 is 2.06 bits per heavy atom. The largest absolute Gasteiger partial charge is 0.428 e. The smallest absolute Gasteiger partial charge is 0.324 e. The van der Waals surface area contributed by atoms with Crippen LogP contribution < -0.4 is 0 Å². The van der Waals surface area contributed by atoms with Gasteiger partial charge in [-0.05, 0) is 6.92 Å². The summed E-state index contributed by atoms with van der Waals surface area (Å²) in [4.78, 5) is 12.0. The van der Waals surface area contributed by atoms with Crippen LogP contribution in [0, 0.1) is 11.3 Å². The van der Waals surface area contributed by atoms with Gasteiger partial charge in [0.05, 0.1) is 6.10 Å². The molecule has 0 amide bonds. The predicted molar refractivity (Wildman–Crippen MR) is 63.1 cm³/mol. The quantitative estimate of drug-likeness (QED) is 0.447. The number of carbonyl (C=O) groups is 1. The van der Waals surface area contributed by atoms with Crippen molar-refractivity contribution in [1.29, 1.82) is 0 Å². The van der Waals surface area contributed by atoms with Crippen molar-refractivity contribution in [1.82, 2.24) is 0 Å². The van der Waals surface area contributed by atoms with Crippen LogP contribution in [0.5, 0.6) is 0 Å². The van der Waals surface area contributed by atoms with Crippen molar-refractivity contribution in [2.45, 2.75) is 25.2 Å². The van der Waals surface area contributed by atoms with E-state index in [-0.39, 0.29) is 5.76 Å². The Kier molecular flexibility index (Phi) is 3.14. The summed E-state index contributed by atoms with van der Waals surface area (Å²) in [5.41, 5.74) is -1.61. The van der Waals surface area contributed by atoms with Gasteiger partial charge < -0.3 is 20.1 Å². The molecule has 2 rings (SSSR count). The number of hydrogen-bond acceptors (Lipinski definition) is 5. The second kappa shape index (κ2) is 4.35. The number of aliphatic hydroxyl groups is 3. The van der Waals surface area contributed by atoms with Gasteiger partial charge in [0.15, 0.2) is 0 Å². The summed E-state index contributed by atoms with van der Waals surface area (Å²) in [6.45, 7) is 5.22. The molecule has 1 aliphatic heterocycles. The summed E-state index contributed by atoms with van der Waals surface area (Å²) in [6, 6.07) is 0. The van der Waals surface area contributed by atoms with Crippen molar-refractivity contribution in [3.63, 3.8) is 0 Å². The van der Waals surface area contributed by atoms with Crippen molar-refractivity contribution in [3.8, 4) is 0 Å². The van der Waals surface area contributed by atoms with Crippen molar-refractivity contribution in [2.75, 3.05) is 0 Å². The number of hydrogen-bond donors (Lipinski definition) is 3. The van der Waals surface area contributed by atoms with Crippen LogP contribution in [0.2, 0.25) is 0 Å². The maximum atomic E-state index is 12.0. The van der Waals surface area contributed by atoms with Gasteiger partial charge in [-0.1, -0.05) is 30.9 Å². The topological polar surface area (TPSA) is 87.0 Å². The third-order valence-corrected chi connectivity index (χ3v) is 3.61. The molecule has 0 aromatic carbocycles. The molecule has 1 saturated heterocycles. The first-order valence-corrected chi connectivity index (χ1v) is 5.72. The first-order chi connectivity index (χ1) is 8.46. The SMILES string of the molecule is C=C1OC(=O)[C@@]2([C@@H](/C=C/C)C=C[C@H](O)[C@H]2O)[C@@H]1O. The van der Waals surface area contributed by atoms with Gasteiger partial charge in [0.25, 0.3) is 0 Å². The Morgan fingerprint density at radius 3 is 2.56 bits per heavy atom. The van der Waals surface area contributed by atoms with E-state index in [9.17, 15) is 20.1 Å². The molecule has 0 unspecified atom stereocenters. The molecule has 5 heteroatoms.